The van der Waals surface area contributed by atoms with Crippen LogP contribution >= 0.6 is 11.3 Å². The molecule has 0 saturated carbocycles. The fourth-order valence-electron chi connectivity index (χ4n) is 1.84. The first-order chi connectivity index (χ1) is 12.4. The van der Waals surface area contributed by atoms with Crippen LogP contribution in [0.15, 0.2) is 46.9 Å². The second-order valence-corrected chi connectivity index (χ2v) is 6.25. The average molecular weight is 372 g/mol. The molecule has 0 aliphatic heterocycles. The van der Waals surface area contributed by atoms with Crippen LogP contribution in [-0.2, 0) is 4.79 Å². The third-order valence-electron chi connectivity index (χ3n) is 3.06. The maximum atomic E-state index is 12.0. The van der Waals surface area contributed by atoms with Crippen LogP contribution in [0.2, 0.25) is 0 Å². The maximum absolute atomic E-state index is 12.0. The summed E-state index contributed by atoms with van der Waals surface area (Å²) in [5, 5.41) is 19.2. The van der Waals surface area contributed by atoms with E-state index in [1.165, 1.54) is 47.8 Å². The molecule has 0 saturated heterocycles. The summed E-state index contributed by atoms with van der Waals surface area (Å²) in [6, 6.07) is 7.38. The quantitative estimate of drug-likeness (QED) is 0.350. The molecule has 0 radical (unpaired) electrons. The minimum atomic E-state index is -0.492. The summed E-state index contributed by atoms with van der Waals surface area (Å²) < 4.78 is 0. The van der Waals surface area contributed by atoms with Crippen molar-refractivity contribution >= 4 is 45.6 Å². The predicted molar refractivity (Wildman–Crippen MR) is 101 cm³/mol. The molecule has 2 aromatic rings. The second-order valence-electron chi connectivity index (χ2n) is 5.33. The lowest BCUT2D eigenvalue weighted by molar-refractivity contribution is -0.384. The number of carbonyl (C=O) groups is 2. The fourth-order valence-corrected chi connectivity index (χ4v) is 2.63. The smallest absolute Gasteiger partial charge is 0.274 e. The summed E-state index contributed by atoms with van der Waals surface area (Å²) in [5.74, 6) is -0.836. The maximum Gasteiger partial charge on any atom is 0.274 e. The van der Waals surface area contributed by atoms with Gasteiger partial charge >= 0.3 is 0 Å². The van der Waals surface area contributed by atoms with E-state index in [0.29, 0.717) is 21.8 Å². The van der Waals surface area contributed by atoms with Gasteiger partial charge in [0, 0.05) is 23.9 Å². The highest BCUT2D eigenvalue weighted by atomic mass is 32.1. The number of hydrazone groups is 1. The Morgan fingerprint density at radius 3 is 2.50 bits per heavy atom. The van der Waals surface area contributed by atoms with Gasteiger partial charge in [-0.25, -0.2) is 5.43 Å². The number of nitrogens with one attached hydrogen (secondary N) is 2. The van der Waals surface area contributed by atoms with Gasteiger partial charge in [0.1, 0.15) is 5.00 Å². The summed E-state index contributed by atoms with van der Waals surface area (Å²) in [5.41, 5.74) is 4.04. The van der Waals surface area contributed by atoms with Gasteiger partial charge in [-0.1, -0.05) is 0 Å². The van der Waals surface area contributed by atoms with Crippen LogP contribution in [-0.4, -0.2) is 22.4 Å². The van der Waals surface area contributed by atoms with Gasteiger partial charge in [-0.05, 0) is 49.1 Å². The lowest BCUT2D eigenvalue weighted by Gasteiger charge is -2.03. The van der Waals surface area contributed by atoms with E-state index in [0.717, 1.165) is 0 Å². The van der Waals surface area contributed by atoms with E-state index in [4.69, 9.17) is 0 Å². The minimum Gasteiger partial charge on any atom is -0.313 e. The van der Waals surface area contributed by atoms with E-state index in [9.17, 15) is 19.7 Å². The van der Waals surface area contributed by atoms with Gasteiger partial charge in [-0.2, -0.15) is 5.10 Å². The normalized spacial score (nSPS) is 10.4. The number of nitro benzene ring substituents is 1. The Morgan fingerprint density at radius 1 is 1.19 bits per heavy atom. The standard InChI is InChI=1S/C17H16N4O4S/c1-11(2)19-20-16(23)14-9-10-26-17(14)18-15(22)8-5-12-3-6-13(7-4-12)21(24)25/h3-10H,1-2H3,(H,18,22)(H,20,23)/b8-5-. The van der Waals surface area contributed by atoms with E-state index in [2.05, 4.69) is 15.8 Å². The Labute approximate surface area is 153 Å². The van der Waals surface area contributed by atoms with Crippen LogP contribution in [0, 0.1) is 10.1 Å². The molecule has 0 spiro atoms. The SMILES string of the molecule is CC(C)=NNC(=O)c1ccsc1NC(=O)/C=C\c1ccc([N+](=O)[O-])cc1. The lowest BCUT2D eigenvalue weighted by atomic mass is 10.2. The second kappa shape index (κ2) is 8.67. The van der Waals surface area contributed by atoms with Crippen molar-refractivity contribution in [1.82, 2.24) is 5.43 Å². The summed E-state index contributed by atoms with van der Waals surface area (Å²) >= 11 is 1.22. The zero-order chi connectivity index (χ0) is 19.1. The van der Waals surface area contributed by atoms with Gasteiger partial charge < -0.3 is 5.32 Å². The van der Waals surface area contributed by atoms with E-state index in [-0.39, 0.29) is 5.69 Å². The lowest BCUT2D eigenvalue weighted by Crippen LogP contribution is -2.20. The largest absolute Gasteiger partial charge is 0.313 e. The van der Waals surface area contributed by atoms with Crippen molar-refractivity contribution < 1.29 is 14.5 Å². The molecule has 134 valence electrons. The molecule has 2 N–H and O–H groups in total. The molecule has 1 aromatic heterocycles. The number of rotatable bonds is 6. The van der Waals surface area contributed by atoms with Gasteiger partial charge in [0.25, 0.3) is 11.6 Å². The molecule has 2 amide bonds. The molecule has 0 aliphatic carbocycles. The number of non-ortho nitro benzene ring substituents is 1. The molecular weight excluding hydrogens is 356 g/mol. The number of hydrogen-bond donors (Lipinski definition) is 2. The Kier molecular flexibility index (Phi) is 6.34. The number of thiophene rings is 1. The van der Waals surface area contributed by atoms with Crippen LogP contribution < -0.4 is 10.7 Å². The first-order valence-corrected chi connectivity index (χ1v) is 8.37. The average Bonchev–Trinajstić information content (AvgIpc) is 3.06. The highest BCUT2D eigenvalue weighted by molar-refractivity contribution is 7.14. The predicted octanol–water partition coefficient (Wildman–Crippen LogP) is 3.43. The number of hydrogen-bond acceptors (Lipinski definition) is 6. The Morgan fingerprint density at radius 2 is 1.88 bits per heavy atom. The molecule has 2 rings (SSSR count). The number of amides is 2. The molecule has 1 heterocycles. The van der Waals surface area contributed by atoms with Crippen LogP contribution in [0.5, 0.6) is 0 Å². The van der Waals surface area contributed by atoms with Crippen molar-refractivity contribution in [1.29, 1.82) is 0 Å². The Hall–Kier alpha value is -3.33. The van der Waals surface area contributed by atoms with Crippen molar-refractivity contribution in [3.63, 3.8) is 0 Å². The minimum absolute atomic E-state index is 0.0224. The Balaban J connectivity index is 2.02. The fraction of sp³-hybridized carbons (Fsp3) is 0.118. The third kappa shape index (κ3) is 5.35. The van der Waals surface area contributed by atoms with Gasteiger partial charge in [-0.3, -0.25) is 19.7 Å². The van der Waals surface area contributed by atoms with Crippen molar-refractivity contribution in [3.05, 3.63) is 63.0 Å². The van der Waals surface area contributed by atoms with Gasteiger partial charge in [0.15, 0.2) is 0 Å². The van der Waals surface area contributed by atoms with E-state index < -0.39 is 16.7 Å². The van der Waals surface area contributed by atoms with E-state index in [1.54, 1.807) is 25.3 Å². The summed E-state index contributed by atoms with van der Waals surface area (Å²) in [4.78, 5) is 34.2. The highest BCUT2D eigenvalue weighted by Gasteiger charge is 2.13. The van der Waals surface area contributed by atoms with Crippen LogP contribution in [0.25, 0.3) is 6.08 Å². The molecule has 8 nitrogen and oxygen atoms in total. The van der Waals surface area contributed by atoms with Crippen molar-refractivity contribution in [2.45, 2.75) is 13.8 Å². The van der Waals surface area contributed by atoms with Crippen molar-refractivity contribution in [3.8, 4) is 0 Å². The first-order valence-electron chi connectivity index (χ1n) is 7.49. The summed E-state index contributed by atoms with van der Waals surface area (Å²) in [6.07, 6.45) is 2.81. The van der Waals surface area contributed by atoms with Crippen LogP contribution in [0.4, 0.5) is 10.7 Å². The monoisotopic (exact) mass is 372 g/mol. The number of nitrogens with zero attached hydrogens (tertiary/aromatic N) is 2. The Bertz CT molecular complexity index is 880. The van der Waals surface area contributed by atoms with Crippen molar-refractivity contribution in [2.24, 2.45) is 5.10 Å². The molecule has 0 aliphatic rings. The number of anilines is 1. The number of benzene rings is 1. The van der Waals surface area contributed by atoms with Crippen LogP contribution in [0.3, 0.4) is 0 Å². The molecule has 26 heavy (non-hydrogen) atoms. The third-order valence-corrected chi connectivity index (χ3v) is 3.89. The summed E-state index contributed by atoms with van der Waals surface area (Å²) in [6.45, 7) is 3.50. The molecule has 1 aromatic carbocycles. The molecule has 0 fully saturated rings. The van der Waals surface area contributed by atoms with Gasteiger partial charge in [0.05, 0.1) is 10.5 Å². The topological polar surface area (TPSA) is 114 Å². The summed E-state index contributed by atoms with van der Waals surface area (Å²) in [7, 11) is 0. The molecule has 0 bridgehead atoms. The van der Waals surface area contributed by atoms with Gasteiger partial charge in [-0.15, -0.1) is 11.3 Å². The van der Waals surface area contributed by atoms with Crippen molar-refractivity contribution in [2.75, 3.05) is 5.32 Å². The molecular formula is C17H16N4O4S. The zero-order valence-corrected chi connectivity index (χ0v) is 14.9. The van der Waals surface area contributed by atoms with E-state index in [1.807, 2.05) is 0 Å². The molecule has 9 heteroatoms. The molecule has 0 unspecified atom stereocenters. The van der Waals surface area contributed by atoms with E-state index >= 15 is 0 Å². The number of carbonyl (C=O) groups excluding carboxylic acids is 2. The van der Waals surface area contributed by atoms with Crippen LogP contribution in [0.1, 0.15) is 29.8 Å². The molecule has 0 atom stereocenters. The number of nitro groups is 1. The first kappa shape index (κ1) is 19.0. The van der Waals surface area contributed by atoms with Gasteiger partial charge in [0.2, 0.25) is 5.91 Å². The zero-order valence-electron chi connectivity index (χ0n) is 14.1. The highest BCUT2D eigenvalue weighted by Crippen LogP contribution is 2.23.